The average Bonchev–Trinajstić information content (AvgIpc) is 2.80. The van der Waals surface area contributed by atoms with Gasteiger partial charge in [0, 0.05) is 26.1 Å². The molecular weight excluding hydrogens is 521 g/mol. The number of rotatable bonds is 12. The quantitative estimate of drug-likeness (QED) is 0.397. The fourth-order valence-electron chi connectivity index (χ4n) is 3.70. The van der Waals surface area contributed by atoms with Gasteiger partial charge in [0.05, 0.1) is 22.0 Å². The molecule has 0 saturated carbocycles. The third kappa shape index (κ3) is 8.68. The zero-order valence-corrected chi connectivity index (χ0v) is 23.8. The van der Waals surface area contributed by atoms with E-state index in [9.17, 15) is 18.0 Å². The Morgan fingerprint density at radius 2 is 1.69 bits per heavy atom. The van der Waals surface area contributed by atoms with Crippen LogP contribution in [0.1, 0.15) is 44.7 Å². The van der Waals surface area contributed by atoms with E-state index in [4.69, 9.17) is 23.2 Å². The molecule has 0 aromatic heterocycles. The van der Waals surface area contributed by atoms with Gasteiger partial charge in [-0.25, -0.2) is 8.42 Å². The minimum absolute atomic E-state index is 0.0705. The fourth-order valence-corrected chi connectivity index (χ4v) is 5.04. The summed E-state index contributed by atoms with van der Waals surface area (Å²) in [6.07, 6.45) is 1.51. The summed E-state index contributed by atoms with van der Waals surface area (Å²) in [6, 6.07) is 11.6. The number of nitrogens with zero attached hydrogens (tertiary/aromatic N) is 2. The first-order chi connectivity index (χ1) is 16.8. The van der Waals surface area contributed by atoms with Crippen LogP contribution in [0.2, 0.25) is 10.0 Å². The van der Waals surface area contributed by atoms with Crippen molar-refractivity contribution in [1.82, 2.24) is 10.2 Å². The van der Waals surface area contributed by atoms with Crippen molar-refractivity contribution in [2.75, 3.05) is 23.7 Å². The van der Waals surface area contributed by atoms with Gasteiger partial charge in [-0.05, 0) is 55.5 Å². The molecule has 198 valence electrons. The number of halogens is 2. The number of sulfonamides is 1. The molecule has 0 heterocycles. The molecule has 0 fully saturated rings. The van der Waals surface area contributed by atoms with E-state index < -0.39 is 16.1 Å². The van der Waals surface area contributed by atoms with Crippen molar-refractivity contribution in [2.45, 2.75) is 53.1 Å². The molecule has 2 aromatic carbocycles. The molecule has 1 atom stereocenters. The molecular formula is C26H35Cl2N3O4S. The Bertz CT molecular complexity index is 1170. The van der Waals surface area contributed by atoms with Gasteiger partial charge in [0.15, 0.2) is 0 Å². The number of anilines is 1. The first kappa shape index (κ1) is 29.9. The number of nitrogens with one attached hydrogen (secondary N) is 1. The number of hydrogen-bond donors (Lipinski definition) is 1. The lowest BCUT2D eigenvalue weighted by Gasteiger charge is -2.30. The Hall–Kier alpha value is -2.29. The highest BCUT2D eigenvalue weighted by molar-refractivity contribution is 7.92. The maximum absolute atomic E-state index is 13.3. The third-order valence-electron chi connectivity index (χ3n) is 5.73. The number of aryl methyl sites for hydroxylation is 1. The lowest BCUT2D eigenvalue weighted by molar-refractivity contribution is -0.140. The van der Waals surface area contributed by atoms with Gasteiger partial charge in [0.25, 0.3) is 0 Å². The molecule has 10 heteroatoms. The Labute approximate surface area is 224 Å². The van der Waals surface area contributed by atoms with Crippen molar-refractivity contribution >= 4 is 50.7 Å². The minimum atomic E-state index is -3.54. The van der Waals surface area contributed by atoms with E-state index in [2.05, 4.69) is 5.32 Å². The van der Waals surface area contributed by atoms with E-state index in [1.807, 2.05) is 32.9 Å². The summed E-state index contributed by atoms with van der Waals surface area (Å²) < 4.78 is 26.3. The summed E-state index contributed by atoms with van der Waals surface area (Å²) in [6.45, 7) is 8.31. The minimum Gasteiger partial charge on any atom is -0.354 e. The molecule has 36 heavy (non-hydrogen) atoms. The van der Waals surface area contributed by atoms with Crippen LogP contribution < -0.4 is 9.62 Å². The number of para-hydroxylation sites is 1. The topological polar surface area (TPSA) is 86.8 Å². The molecule has 0 saturated heterocycles. The van der Waals surface area contributed by atoms with E-state index in [0.29, 0.717) is 28.7 Å². The number of amides is 2. The average molecular weight is 557 g/mol. The van der Waals surface area contributed by atoms with Crippen molar-refractivity contribution in [2.24, 2.45) is 5.92 Å². The maximum atomic E-state index is 13.3. The molecule has 1 N–H and O–H groups in total. The largest absolute Gasteiger partial charge is 0.354 e. The lowest BCUT2D eigenvalue weighted by Crippen LogP contribution is -2.48. The van der Waals surface area contributed by atoms with Gasteiger partial charge in [0.1, 0.15) is 6.04 Å². The monoisotopic (exact) mass is 555 g/mol. The smallest absolute Gasteiger partial charge is 0.242 e. The third-order valence-corrected chi connectivity index (χ3v) is 7.64. The molecule has 0 spiro atoms. The van der Waals surface area contributed by atoms with Gasteiger partial charge in [-0.1, -0.05) is 61.3 Å². The number of carbonyl (C=O) groups is 2. The van der Waals surface area contributed by atoms with E-state index in [1.165, 1.54) is 9.21 Å². The second-order valence-corrected chi connectivity index (χ2v) is 12.0. The van der Waals surface area contributed by atoms with E-state index >= 15 is 0 Å². The summed E-state index contributed by atoms with van der Waals surface area (Å²) in [4.78, 5) is 27.6. The van der Waals surface area contributed by atoms with Crippen LogP contribution >= 0.6 is 23.2 Å². The van der Waals surface area contributed by atoms with Crippen LogP contribution in [0.4, 0.5) is 5.69 Å². The molecule has 0 unspecified atom stereocenters. The van der Waals surface area contributed by atoms with Crippen LogP contribution in [0.15, 0.2) is 42.5 Å². The van der Waals surface area contributed by atoms with Crippen molar-refractivity contribution < 1.29 is 18.0 Å². The Balaban J connectivity index is 2.20. The van der Waals surface area contributed by atoms with Gasteiger partial charge in [0.2, 0.25) is 21.8 Å². The molecule has 0 aliphatic carbocycles. The second-order valence-electron chi connectivity index (χ2n) is 9.31. The zero-order chi connectivity index (χ0) is 27.0. The van der Waals surface area contributed by atoms with Crippen molar-refractivity contribution in [3.8, 4) is 0 Å². The summed E-state index contributed by atoms with van der Waals surface area (Å²) in [7, 11) is -3.54. The van der Waals surface area contributed by atoms with Crippen LogP contribution in [-0.2, 0) is 26.2 Å². The number of benzene rings is 2. The summed E-state index contributed by atoms with van der Waals surface area (Å²) in [5.74, 6) is -0.245. The molecule has 2 aromatic rings. The second kappa shape index (κ2) is 13.3. The molecule has 0 bridgehead atoms. The van der Waals surface area contributed by atoms with Crippen molar-refractivity contribution in [3.05, 3.63) is 63.6 Å². The predicted octanol–water partition coefficient (Wildman–Crippen LogP) is 5.04. The SMILES string of the molecule is Cc1ccccc1N(CCCC(=O)N(Cc1ccc(Cl)c(Cl)c1)[C@@H](C)C(=O)NCC(C)C)S(C)(=O)=O. The highest BCUT2D eigenvalue weighted by atomic mass is 35.5. The summed E-state index contributed by atoms with van der Waals surface area (Å²) >= 11 is 12.2. The van der Waals surface area contributed by atoms with Gasteiger partial charge in [-0.2, -0.15) is 0 Å². The van der Waals surface area contributed by atoms with Gasteiger partial charge >= 0.3 is 0 Å². The Morgan fingerprint density at radius 1 is 1.03 bits per heavy atom. The Kier molecular flexibility index (Phi) is 11.1. The molecule has 0 aliphatic rings. The summed E-state index contributed by atoms with van der Waals surface area (Å²) in [5, 5.41) is 3.64. The summed E-state index contributed by atoms with van der Waals surface area (Å²) in [5.41, 5.74) is 2.14. The Morgan fingerprint density at radius 3 is 2.28 bits per heavy atom. The lowest BCUT2D eigenvalue weighted by atomic mass is 10.1. The number of carbonyl (C=O) groups excluding carboxylic acids is 2. The standard InChI is InChI=1S/C26H35Cl2N3O4S/c1-18(2)16-29-26(33)20(4)30(17-21-12-13-22(27)23(28)15-21)25(32)11-8-14-31(36(5,34)35)24-10-7-6-9-19(24)3/h6-7,9-10,12-13,15,18,20H,8,11,14,16-17H2,1-5H3,(H,29,33)/t20-/m0/s1. The van der Waals surface area contributed by atoms with Crippen LogP contribution in [0.5, 0.6) is 0 Å². The first-order valence-electron chi connectivity index (χ1n) is 11.9. The highest BCUT2D eigenvalue weighted by Crippen LogP contribution is 2.25. The molecule has 0 aliphatic heterocycles. The molecule has 7 nitrogen and oxygen atoms in total. The van der Waals surface area contributed by atoms with Gasteiger partial charge in [-0.15, -0.1) is 0 Å². The van der Waals surface area contributed by atoms with Gasteiger partial charge in [-0.3, -0.25) is 13.9 Å². The van der Waals surface area contributed by atoms with Crippen molar-refractivity contribution in [1.29, 1.82) is 0 Å². The van der Waals surface area contributed by atoms with E-state index in [-0.39, 0.29) is 37.2 Å². The van der Waals surface area contributed by atoms with Crippen LogP contribution in [0.25, 0.3) is 0 Å². The van der Waals surface area contributed by atoms with E-state index in [0.717, 1.165) is 17.4 Å². The zero-order valence-electron chi connectivity index (χ0n) is 21.4. The van der Waals surface area contributed by atoms with Crippen LogP contribution in [0.3, 0.4) is 0 Å². The fraction of sp³-hybridized carbons (Fsp3) is 0.462. The van der Waals surface area contributed by atoms with Crippen LogP contribution in [-0.4, -0.2) is 50.5 Å². The number of hydrogen-bond acceptors (Lipinski definition) is 4. The normalized spacial score (nSPS) is 12.3. The maximum Gasteiger partial charge on any atom is 0.242 e. The molecule has 0 radical (unpaired) electrons. The molecule has 2 rings (SSSR count). The first-order valence-corrected chi connectivity index (χ1v) is 14.5. The van der Waals surface area contributed by atoms with Crippen molar-refractivity contribution in [3.63, 3.8) is 0 Å². The van der Waals surface area contributed by atoms with Gasteiger partial charge < -0.3 is 10.2 Å². The highest BCUT2D eigenvalue weighted by Gasteiger charge is 2.27. The molecule has 2 amide bonds. The van der Waals surface area contributed by atoms with E-state index in [1.54, 1.807) is 37.3 Å². The predicted molar refractivity (Wildman–Crippen MR) is 147 cm³/mol. The van der Waals surface area contributed by atoms with Crippen LogP contribution in [0, 0.1) is 12.8 Å².